The van der Waals surface area contributed by atoms with E-state index in [1.54, 1.807) is 12.1 Å². The molecule has 0 aromatic heterocycles. The second-order valence-corrected chi connectivity index (χ2v) is 13.0. The van der Waals surface area contributed by atoms with E-state index in [1.165, 1.54) is 15.0 Å². The molecule has 32 heavy (non-hydrogen) atoms. The van der Waals surface area contributed by atoms with E-state index in [0.29, 0.717) is 38.8 Å². The molecule has 2 fully saturated rings. The normalized spacial score (nSPS) is 21.8. The van der Waals surface area contributed by atoms with E-state index in [0.717, 1.165) is 30.5 Å². The molecule has 10 heteroatoms. The zero-order valence-corrected chi connectivity index (χ0v) is 21.2. The highest BCUT2D eigenvalue weighted by atomic mass is 32.2. The molecule has 1 N–H and O–H groups in total. The van der Waals surface area contributed by atoms with Gasteiger partial charge in [-0.2, -0.15) is 8.61 Å². The van der Waals surface area contributed by atoms with Crippen molar-refractivity contribution in [2.45, 2.75) is 51.0 Å². The number of hydrogen-bond donors (Lipinski definition) is 1. The molecule has 2 aliphatic heterocycles. The lowest BCUT2D eigenvalue weighted by molar-refractivity contribution is 0.152. The van der Waals surface area contributed by atoms with Gasteiger partial charge in [0.2, 0.25) is 20.0 Å². The predicted octanol–water partition coefficient (Wildman–Crippen LogP) is 1.40. The molecule has 0 saturated carbocycles. The molecule has 2 heterocycles. The molecule has 0 unspecified atom stereocenters. The Kier molecular flexibility index (Phi) is 8.73. The van der Waals surface area contributed by atoms with Gasteiger partial charge < -0.3 is 5.32 Å². The van der Waals surface area contributed by atoms with Gasteiger partial charge in [-0.15, -0.1) is 0 Å². The maximum Gasteiger partial charge on any atom is 0.243 e. The molecule has 0 spiro atoms. The summed E-state index contributed by atoms with van der Waals surface area (Å²) in [5, 5.41) is 3.15. The zero-order chi connectivity index (χ0) is 23.4. The molecule has 0 bridgehead atoms. The van der Waals surface area contributed by atoms with Crippen LogP contribution in [-0.4, -0.2) is 94.5 Å². The van der Waals surface area contributed by atoms with Crippen LogP contribution in [0.15, 0.2) is 23.1 Å². The Morgan fingerprint density at radius 1 is 1.00 bits per heavy atom. The first-order chi connectivity index (χ1) is 15.1. The maximum absolute atomic E-state index is 13.5. The molecule has 0 radical (unpaired) electrons. The second-order valence-electron chi connectivity index (χ2n) is 9.00. The first-order valence-electron chi connectivity index (χ1n) is 11.6. The average Bonchev–Trinajstić information content (AvgIpc) is 2.77. The molecule has 3 rings (SSSR count). The number of nitrogens with zero attached hydrogens (tertiary/aromatic N) is 3. The summed E-state index contributed by atoms with van der Waals surface area (Å²) in [6, 6.07) is 5.54. The predicted molar refractivity (Wildman–Crippen MR) is 128 cm³/mol. The second kappa shape index (κ2) is 10.9. The van der Waals surface area contributed by atoms with Crippen molar-refractivity contribution >= 4 is 20.0 Å². The molecule has 1 atom stereocenters. The highest BCUT2D eigenvalue weighted by Gasteiger charge is 2.30. The summed E-state index contributed by atoms with van der Waals surface area (Å²) >= 11 is 0. The highest BCUT2D eigenvalue weighted by Crippen LogP contribution is 2.21. The van der Waals surface area contributed by atoms with Crippen LogP contribution in [0.5, 0.6) is 0 Å². The highest BCUT2D eigenvalue weighted by molar-refractivity contribution is 7.90. The SMILES string of the molecule is Cc1ccc(S(=O)(=O)N(CCN2CCCC[C@@H]2C)CCS(=O)(=O)N2CCNCC2)cc1C. The van der Waals surface area contributed by atoms with Crippen molar-refractivity contribution in [2.24, 2.45) is 0 Å². The third-order valence-electron chi connectivity index (χ3n) is 6.76. The molecule has 8 nitrogen and oxygen atoms in total. The molecule has 2 aliphatic rings. The maximum atomic E-state index is 13.5. The number of nitrogens with one attached hydrogen (secondary N) is 1. The minimum Gasteiger partial charge on any atom is -0.314 e. The van der Waals surface area contributed by atoms with Crippen molar-refractivity contribution < 1.29 is 16.8 Å². The van der Waals surface area contributed by atoms with Crippen LogP contribution in [0.2, 0.25) is 0 Å². The van der Waals surface area contributed by atoms with Gasteiger partial charge >= 0.3 is 0 Å². The number of aryl methyl sites for hydroxylation is 2. The number of rotatable bonds is 9. The van der Waals surface area contributed by atoms with Crippen LogP contribution < -0.4 is 5.32 Å². The Morgan fingerprint density at radius 2 is 1.72 bits per heavy atom. The molecular weight excluding hydrogens is 448 g/mol. The molecular formula is C22H38N4O4S2. The summed E-state index contributed by atoms with van der Waals surface area (Å²) in [4.78, 5) is 2.55. The van der Waals surface area contributed by atoms with E-state index in [9.17, 15) is 16.8 Å². The summed E-state index contributed by atoms with van der Waals surface area (Å²) in [5.74, 6) is -0.202. The first kappa shape index (κ1) is 25.6. The van der Waals surface area contributed by atoms with Gasteiger partial charge in [0, 0.05) is 51.9 Å². The topological polar surface area (TPSA) is 90.0 Å². The summed E-state index contributed by atoms with van der Waals surface area (Å²) in [6.07, 6.45) is 3.43. The Morgan fingerprint density at radius 3 is 2.38 bits per heavy atom. The van der Waals surface area contributed by atoms with E-state index in [1.807, 2.05) is 19.9 Å². The van der Waals surface area contributed by atoms with Gasteiger partial charge in [0.1, 0.15) is 0 Å². The lowest BCUT2D eigenvalue weighted by Gasteiger charge is -2.35. The third-order valence-corrected chi connectivity index (χ3v) is 10.5. The van der Waals surface area contributed by atoms with Crippen molar-refractivity contribution in [3.63, 3.8) is 0 Å². The fourth-order valence-corrected chi connectivity index (χ4v) is 7.46. The minimum atomic E-state index is -3.80. The first-order valence-corrected chi connectivity index (χ1v) is 14.7. The van der Waals surface area contributed by atoms with Crippen molar-refractivity contribution in [1.29, 1.82) is 0 Å². The van der Waals surface area contributed by atoms with Crippen molar-refractivity contribution in [1.82, 2.24) is 18.8 Å². The van der Waals surface area contributed by atoms with Crippen LogP contribution in [0.1, 0.15) is 37.3 Å². The van der Waals surface area contributed by atoms with Gasteiger partial charge in [-0.05, 0) is 63.4 Å². The van der Waals surface area contributed by atoms with Gasteiger partial charge in [0.05, 0.1) is 10.6 Å². The lowest BCUT2D eigenvalue weighted by Crippen LogP contribution is -2.49. The van der Waals surface area contributed by atoms with Gasteiger partial charge in [0.25, 0.3) is 0 Å². The quantitative estimate of drug-likeness (QED) is 0.568. The van der Waals surface area contributed by atoms with Crippen molar-refractivity contribution in [2.75, 3.05) is 58.1 Å². The van der Waals surface area contributed by atoms with Gasteiger partial charge in [0.15, 0.2) is 0 Å². The largest absolute Gasteiger partial charge is 0.314 e. The Bertz CT molecular complexity index is 976. The minimum absolute atomic E-state index is 0.0380. The van der Waals surface area contributed by atoms with Crippen LogP contribution in [-0.2, 0) is 20.0 Å². The van der Waals surface area contributed by atoms with Crippen LogP contribution in [0.4, 0.5) is 0 Å². The van der Waals surface area contributed by atoms with Crippen molar-refractivity contribution in [3.05, 3.63) is 29.3 Å². The number of sulfonamides is 2. The van der Waals surface area contributed by atoms with Gasteiger partial charge in [-0.1, -0.05) is 12.5 Å². The number of likely N-dealkylation sites (tertiary alicyclic amines) is 1. The number of benzene rings is 1. The van der Waals surface area contributed by atoms with Gasteiger partial charge in [-0.3, -0.25) is 4.90 Å². The van der Waals surface area contributed by atoms with E-state index in [2.05, 4.69) is 17.1 Å². The fraction of sp³-hybridized carbons (Fsp3) is 0.727. The summed E-state index contributed by atoms with van der Waals surface area (Å²) in [6.45, 7) is 9.93. The number of hydrogen-bond acceptors (Lipinski definition) is 6. The lowest BCUT2D eigenvalue weighted by atomic mass is 10.0. The monoisotopic (exact) mass is 486 g/mol. The van der Waals surface area contributed by atoms with E-state index < -0.39 is 20.0 Å². The summed E-state index contributed by atoms with van der Waals surface area (Å²) in [5.41, 5.74) is 1.93. The molecule has 1 aromatic carbocycles. The number of piperidine rings is 1. The summed E-state index contributed by atoms with van der Waals surface area (Å²) < 4.78 is 55.7. The van der Waals surface area contributed by atoms with Gasteiger partial charge in [-0.25, -0.2) is 16.8 Å². The van der Waals surface area contributed by atoms with Crippen LogP contribution in [0.25, 0.3) is 0 Å². The third kappa shape index (κ3) is 6.30. The standard InChI is InChI=1S/C22H38N4O4S2/c1-19-7-8-22(18-20(19)2)32(29,30)26(15-14-24-11-5-4-6-21(24)3)16-17-31(27,28)25-12-9-23-10-13-25/h7-8,18,21,23H,4-6,9-17H2,1-3H3/t21-/m0/s1. The molecule has 0 aliphatic carbocycles. The van der Waals surface area contributed by atoms with Crippen LogP contribution >= 0.6 is 0 Å². The van der Waals surface area contributed by atoms with E-state index in [-0.39, 0.29) is 23.7 Å². The van der Waals surface area contributed by atoms with Crippen LogP contribution in [0, 0.1) is 13.8 Å². The molecule has 0 amide bonds. The smallest absolute Gasteiger partial charge is 0.243 e. The summed E-state index contributed by atoms with van der Waals surface area (Å²) in [7, 11) is -7.32. The Balaban J connectivity index is 1.78. The molecule has 2 saturated heterocycles. The Hall–Kier alpha value is -1.04. The van der Waals surface area contributed by atoms with Crippen molar-refractivity contribution in [3.8, 4) is 0 Å². The molecule has 1 aromatic rings. The van der Waals surface area contributed by atoms with E-state index in [4.69, 9.17) is 0 Å². The molecule has 182 valence electrons. The Labute approximate surface area is 194 Å². The van der Waals surface area contributed by atoms with E-state index >= 15 is 0 Å². The van der Waals surface area contributed by atoms with Crippen LogP contribution in [0.3, 0.4) is 0 Å². The fourth-order valence-electron chi connectivity index (χ4n) is 4.37. The average molecular weight is 487 g/mol. The number of piperazine rings is 1. The zero-order valence-electron chi connectivity index (χ0n) is 19.6.